The van der Waals surface area contributed by atoms with Crippen LogP contribution >= 0.6 is 11.6 Å². The lowest BCUT2D eigenvalue weighted by Gasteiger charge is -2.09. The van der Waals surface area contributed by atoms with E-state index in [2.05, 4.69) is 21.5 Å². The van der Waals surface area contributed by atoms with Gasteiger partial charge in [-0.3, -0.25) is 9.59 Å². The predicted molar refractivity (Wildman–Crippen MR) is 95.8 cm³/mol. The average Bonchev–Trinajstić information content (AvgIpc) is 2.61. The van der Waals surface area contributed by atoms with Crippen LogP contribution in [0.2, 0.25) is 5.02 Å². The smallest absolute Gasteiger partial charge is 0.272 e. The standard InChI is InChI=1S/C18H16ClN3O3/c1-3-12-6-5-7-13(10-12)21-15(23)11-20-18(24)17-14(19)8-9-16(22-17)25-4-2/h1,5-10H,4,11H2,2H3,(H,20,24)(H,21,23). The molecule has 0 saturated heterocycles. The Hall–Kier alpha value is -3.04. The second kappa shape index (κ2) is 8.71. The molecule has 0 spiro atoms. The van der Waals surface area contributed by atoms with Crippen LogP contribution < -0.4 is 15.4 Å². The van der Waals surface area contributed by atoms with E-state index < -0.39 is 11.8 Å². The molecule has 0 atom stereocenters. The van der Waals surface area contributed by atoms with E-state index in [0.717, 1.165) is 0 Å². The highest BCUT2D eigenvalue weighted by Gasteiger charge is 2.15. The summed E-state index contributed by atoms with van der Waals surface area (Å²) >= 11 is 5.97. The number of amides is 2. The molecule has 25 heavy (non-hydrogen) atoms. The number of carbonyl (C=O) groups is 2. The summed E-state index contributed by atoms with van der Waals surface area (Å²) in [5, 5.41) is 5.28. The number of hydrogen-bond donors (Lipinski definition) is 2. The summed E-state index contributed by atoms with van der Waals surface area (Å²) in [5.41, 5.74) is 1.18. The molecule has 1 aromatic heterocycles. The number of nitrogens with zero attached hydrogens (tertiary/aromatic N) is 1. The maximum atomic E-state index is 12.2. The molecule has 2 aromatic rings. The van der Waals surface area contributed by atoms with Crippen LogP contribution in [0.1, 0.15) is 23.0 Å². The number of aromatic nitrogens is 1. The van der Waals surface area contributed by atoms with Gasteiger partial charge in [-0.15, -0.1) is 6.42 Å². The van der Waals surface area contributed by atoms with Gasteiger partial charge in [0.15, 0.2) is 5.69 Å². The van der Waals surface area contributed by atoms with Crippen molar-refractivity contribution in [3.05, 3.63) is 52.7 Å². The quantitative estimate of drug-likeness (QED) is 0.778. The van der Waals surface area contributed by atoms with Crippen LogP contribution in [-0.2, 0) is 4.79 Å². The third kappa shape index (κ3) is 5.23. The summed E-state index contributed by atoms with van der Waals surface area (Å²) in [5.74, 6) is 1.79. The Morgan fingerprint density at radius 1 is 1.32 bits per heavy atom. The van der Waals surface area contributed by atoms with Crippen molar-refractivity contribution in [3.63, 3.8) is 0 Å². The number of nitrogens with one attached hydrogen (secondary N) is 2. The van der Waals surface area contributed by atoms with Crippen molar-refractivity contribution in [2.24, 2.45) is 0 Å². The van der Waals surface area contributed by atoms with E-state index in [-0.39, 0.29) is 23.1 Å². The van der Waals surface area contributed by atoms with E-state index in [4.69, 9.17) is 22.8 Å². The number of ether oxygens (including phenoxy) is 1. The third-order valence-electron chi connectivity index (χ3n) is 3.05. The fourth-order valence-electron chi connectivity index (χ4n) is 1.95. The van der Waals surface area contributed by atoms with E-state index >= 15 is 0 Å². The van der Waals surface area contributed by atoms with Crippen molar-refractivity contribution >= 4 is 29.1 Å². The Balaban J connectivity index is 1.96. The molecule has 2 rings (SSSR count). The molecule has 2 amide bonds. The normalized spacial score (nSPS) is 9.80. The van der Waals surface area contributed by atoms with E-state index in [1.54, 1.807) is 37.3 Å². The lowest BCUT2D eigenvalue weighted by Crippen LogP contribution is -2.33. The minimum Gasteiger partial charge on any atom is -0.478 e. The first kappa shape index (κ1) is 18.3. The van der Waals surface area contributed by atoms with Crippen molar-refractivity contribution < 1.29 is 14.3 Å². The highest BCUT2D eigenvalue weighted by molar-refractivity contribution is 6.33. The van der Waals surface area contributed by atoms with Crippen molar-refractivity contribution in [2.45, 2.75) is 6.92 Å². The van der Waals surface area contributed by atoms with Crippen molar-refractivity contribution in [1.82, 2.24) is 10.3 Å². The molecule has 7 heteroatoms. The zero-order valence-corrected chi connectivity index (χ0v) is 14.3. The molecule has 0 aliphatic heterocycles. The lowest BCUT2D eigenvalue weighted by molar-refractivity contribution is -0.115. The fourth-order valence-corrected chi connectivity index (χ4v) is 2.14. The molecular weight excluding hydrogens is 342 g/mol. The van der Waals surface area contributed by atoms with Gasteiger partial charge in [0.1, 0.15) is 0 Å². The molecule has 0 bridgehead atoms. The van der Waals surface area contributed by atoms with Crippen molar-refractivity contribution in [1.29, 1.82) is 0 Å². The number of rotatable bonds is 6. The van der Waals surface area contributed by atoms with Gasteiger partial charge in [0.05, 0.1) is 18.2 Å². The molecule has 0 unspecified atom stereocenters. The molecule has 0 radical (unpaired) electrons. The molecular formula is C18H16ClN3O3. The molecule has 0 fully saturated rings. The van der Waals surface area contributed by atoms with Gasteiger partial charge in [0.25, 0.3) is 5.91 Å². The molecule has 128 valence electrons. The highest BCUT2D eigenvalue weighted by atomic mass is 35.5. The van der Waals surface area contributed by atoms with Gasteiger partial charge in [-0.05, 0) is 31.2 Å². The van der Waals surface area contributed by atoms with E-state index in [1.807, 2.05) is 0 Å². The summed E-state index contributed by atoms with van der Waals surface area (Å²) in [7, 11) is 0. The summed E-state index contributed by atoms with van der Waals surface area (Å²) in [6, 6.07) is 9.91. The summed E-state index contributed by atoms with van der Waals surface area (Å²) < 4.78 is 5.23. The second-order valence-corrected chi connectivity index (χ2v) is 5.28. The Morgan fingerprint density at radius 3 is 2.84 bits per heavy atom. The first-order valence-corrected chi connectivity index (χ1v) is 7.85. The fraction of sp³-hybridized carbons (Fsp3) is 0.167. The van der Waals surface area contributed by atoms with Gasteiger partial charge >= 0.3 is 0 Å². The van der Waals surface area contributed by atoms with E-state index in [1.165, 1.54) is 6.07 Å². The molecule has 0 saturated carbocycles. The van der Waals surface area contributed by atoms with Crippen LogP contribution in [0.4, 0.5) is 5.69 Å². The van der Waals surface area contributed by atoms with E-state index in [0.29, 0.717) is 17.9 Å². The number of terminal acetylenes is 1. The molecule has 1 heterocycles. The van der Waals surface area contributed by atoms with Crippen LogP contribution in [-0.4, -0.2) is 29.9 Å². The van der Waals surface area contributed by atoms with Crippen LogP contribution in [0.3, 0.4) is 0 Å². The molecule has 0 aliphatic carbocycles. The summed E-state index contributed by atoms with van der Waals surface area (Å²) in [6.07, 6.45) is 5.31. The summed E-state index contributed by atoms with van der Waals surface area (Å²) in [6.45, 7) is 1.97. The number of halogens is 1. The third-order valence-corrected chi connectivity index (χ3v) is 3.36. The lowest BCUT2D eigenvalue weighted by atomic mass is 10.2. The largest absolute Gasteiger partial charge is 0.478 e. The Bertz CT molecular complexity index is 831. The van der Waals surface area contributed by atoms with Crippen LogP contribution in [0.5, 0.6) is 5.88 Å². The molecule has 1 aromatic carbocycles. The predicted octanol–water partition coefficient (Wildman–Crippen LogP) is 2.48. The maximum absolute atomic E-state index is 12.2. The Morgan fingerprint density at radius 2 is 2.12 bits per heavy atom. The molecule has 2 N–H and O–H groups in total. The van der Waals surface area contributed by atoms with Crippen LogP contribution in [0.25, 0.3) is 0 Å². The van der Waals surface area contributed by atoms with Crippen molar-refractivity contribution in [3.8, 4) is 18.2 Å². The minimum atomic E-state index is -0.570. The van der Waals surface area contributed by atoms with Crippen LogP contribution in [0, 0.1) is 12.3 Å². The number of anilines is 1. The zero-order valence-electron chi connectivity index (χ0n) is 13.5. The monoisotopic (exact) mass is 357 g/mol. The first-order valence-electron chi connectivity index (χ1n) is 7.47. The van der Waals surface area contributed by atoms with E-state index in [9.17, 15) is 9.59 Å². The number of hydrogen-bond acceptors (Lipinski definition) is 4. The maximum Gasteiger partial charge on any atom is 0.272 e. The topological polar surface area (TPSA) is 80.3 Å². The number of benzene rings is 1. The minimum absolute atomic E-state index is 0.00487. The summed E-state index contributed by atoms with van der Waals surface area (Å²) in [4.78, 5) is 28.1. The SMILES string of the molecule is C#Cc1cccc(NC(=O)CNC(=O)c2nc(OCC)ccc2Cl)c1. The molecule has 0 aliphatic rings. The Kier molecular flexibility index (Phi) is 6.38. The highest BCUT2D eigenvalue weighted by Crippen LogP contribution is 2.18. The van der Waals surface area contributed by atoms with Gasteiger partial charge in [-0.25, -0.2) is 4.98 Å². The average molecular weight is 358 g/mol. The van der Waals surface area contributed by atoms with Gasteiger partial charge in [-0.1, -0.05) is 23.6 Å². The van der Waals surface area contributed by atoms with Gasteiger partial charge in [-0.2, -0.15) is 0 Å². The number of carbonyl (C=O) groups excluding carboxylic acids is 2. The number of pyridine rings is 1. The van der Waals surface area contributed by atoms with Crippen molar-refractivity contribution in [2.75, 3.05) is 18.5 Å². The second-order valence-electron chi connectivity index (χ2n) is 4.87. The first-order chi connectivity index (χ1) is 12.0. The molecule has 6 nitrogen and oxygen atoms in total. The Labute approximate surface area is 150 Å². The zero-order chi connectivity index (χ0) is 18.2. The van der Waals surface area contributed by atoms with Crippen LogP contribution in [0.15, 0.2) is 36.4 Å². The van der Waals surface area contributed by atoms with Gasteiger partial charge in [0, 0.05) is 17.3 Å². The van der Waals surface area contributed by atoms with Gasteiger partial charge in [0.2, 0.25) is 11.8 Å². The van der Waals surface area contributed by atoms with Gasteiger partial charge < -0.3 is 15.4 Å².